The number of ether oxygens (including phenoxy) is 1. The molecule has 0 radical (unpaired) electrons. The van der Waals surface area contributed by atoms with Gasteiger partial charge in [-0.2, -0.15) is 0 Å². The summed E-state index contributed by atoms with van der Waals surface area (Å²) in [6, 6.07) is -0.385. The predicted molar refractivity (Wildman–Crippen MR) is 449 cm³/mol. The van der Waals surface area contributed by atoms with E-state index in [1.54, 1.807) is 95.5 Å². The third kappa shape index (κ3) is 27.1. The first-order chi connectivity index (χ1) is 60.2. The Bertz CT molecular complexity index is 5030. The van der Waals surface area contributed by atoms with Crippen LogP contribution in [0.15, 0.2) is 110 Å². The molecule has 43 nitrogen and oxygen atoms in total. The molecule has 0 spiro atoms. The van der Waals surface area contributed by atoms with Crippen LogP contribution in [0.3, 0.4) is 0 Å². The van der Waals surface area contributed by atoms with E-state index in [4.69, 9.17) is 10.5 Å². The summed E-state index contributed by atoms with van der Waals surface area (Å²) >= 11 is 0. The van der Waals surface area contributed by atoms with Gasteiger partial charge in [0, 0.05) is 105 Å². The highest BCUT2D eigenvalue weighted by Gasteiger charge is 2.42. The number of imidazole rings is 2. The lowest BCUT2D eigenvalue weighted by Crippen LogP contribution is -2.62. The highest BCUT2D eigenvalue weighted by atomic mass is 16.5. The maximum Gasteiger partial charge on any atom is 0.330 e. The van der Waals surface area contributed by atoms with Gasteiger partial charge in [-0.05, 0) is 113 Å². The molecular weight excluding hydrogens is 1640 g/mol. The van der Waals surface area contributed by atoms with E-state index in [0.717, 1.165) is 4.90 Å². The van der Waals surface area contributed by atoms with E-state index in [2.05, 4.69) is 104 Å². The molecule has 676 valence electrons. The van der Waals surface area contributed by atoms with Gasteiger partial charge in [-0.1, -0.05) is 62.4 Å². The van der Waals surface area contributed by atoms with Crippen LogP contribution in [-0.2, 0) is 109 Å². The molecule has 10 rings (SSSR count). The number of carbonyl (C=O) groups is 16. The summed E-state index contributed by atoms with van der Waals surface area (Å²) in [5.41, 5.74) is 11.9. The van der Waals surface area contributed by atoms with Crippen LogP contribution >= 0.6 is 0 Å². The van der Waals surface area contributed by atoms with Crippen LogP contribution in [-0.4, -0.2) is 262 Å². The summed E-state index contributed by atoms with van der Waals surface area (Å²) in [5, 5.41) is 67.5. The number of nitrogens with one attached hydrogen (secondary N) is 19. The zero-order chi connectivity index (χ0) is 90.9. The largest absolute Gasteiger partial charge is 0.508 e. The van der Waals surface area contributed by atoms with Crippen LogP contribution < -0.4 is 85.7 Å². The number of amides is 17. The van der Waals surface area contributed by atoms with Crippen LogP contribution in [0.5, 0.6) is 5.75 Å². The molecular formula is C83H109N23O20. The molecule has 7 heterocycles. The van der Waals surface area contributed by atoms with E-state index in [0.29, 0.717) is 49.9 Å². The van der Waals surface area contributed by atoms with Crippen molar-refractivity contribution in [2.45, 2.75) is 209 Å². The zero-order valence-corrected chi connectivity index (χ0v) is 70.1. The van der Waals surface area contributed by atoms with Crippen molar-refractivity contribution in [3.63, 3.8) is 0 Å². The van der Waals surface area contributed by atoms with Crippen molar-refractivity contribution in [3.05, 3.63) is 138 Å². The van der Waals surface area contributed by atoms with Gasteiger partial charge in [0.15, 0.2) is 0 Å². The van der Waals surface area contributed by atoms with Gasteiger partial charge < -0.3 is 120 Å². The Labute approximate surface area is 722 Å². The topological polar surface area (TPSA) is 642 Å². The number of aliphatic hydroxyl groups excluding tert-OH is 2. The first-order valence-electron chi connectivity index (χ1n) is 41.4. The molecule has 0 bridgehead atoms. The van der Waals surface area contributed by atoms with E-state index in [1.807, 2.05) is 5.43 Å². The molecule has 43 heteroatoms. The molecule has 0 aliphatic carbocycles. The SMILES string of the molecule is CC(C)C[C@H](NC(=O)[C@@H](COC(C)(C)C)NC(=O)[C@H](Cc1ccc(O)cc1)NC(=O)[C@H](CO)NC(=O)[C@H](Cc1c[nH]c2ccccc12)NC(=O)[C@H](Cc1c[nH]cn1)NC(=O)[C@@H]1CCC(=O)N1)C(=O)N[C@@H](CCCNC(=O)[C@H](CO)NC(=O)[C@H](Cc1c[nH]c2ccccc12)NC(=O)[C@H](Cc1c[nH]cn1)NC(=O)[C@@H]1CCC(=O)N1)C(=O)N1CCC[C@H]1C(=O)NNC(N)=O. The van der Waals surface area contributed by atoms with Crippen molar-refractivity contribution in [3.8, 4) is 5.75 Å². The first-order valence-corrected chi connectivity index (χ1v) is 41.4. The number of aromatic amines is 4. The van der Waals surface area contributed by atoms with E-state index in [9.17, 15) is 72.9 Å². The van der Waals surface area contributed by atoms with E-state index in [1.165, 1.54) is 49.3 Å². The number of hydrogen-bond acceptors (Lipinski definition) is 22. The zero-order valence-electron chi connectivity index (χ0n) is 70.1. The number of likely N-dealkylation sites (tertiary alicyclic amines) is 1. The molecule has 3 aliphatic heterocycles. The fourth-order valence-electron chi connectivity index (χ4n) is 14.7. The van der Waals surface area contributed by atoms with E-state index >= 15 is 19.2 Å². The van der Waals surface area contributed by atoms with Crippen molar-refractivity contribution < 1.29 is 96.8 Å². The standard InChI is InChI=1S/C83H109N23O20/c1-43(2)28-57(72(115)94-56(81(124)106-27-11-17-66(106)80(123)104-105-82(84)125)16-10-26-87-69(112)63(38-107)101-74(117)59(30-45-34-88-52-14-8-6-12-50(45)52)97-76(119)61(32-47-36-85-41-90-47)99-70(113)54-22-24-67(110)92-54)95-79(122)65(40-126-83(3,4)5)103-73(116)58(29-44-18-20-49(109)21-19-44)96-78(121)64(39-108)102-75(118)60(31-46-35-89-53-15-9-7-13-51(46)53)98-77(120)62(33-48-37-86-42-91-48)100-71(114)55-23-25-68(111)93-55/h6-9,12-15,18-21,34-37,41-43,54-66,88-89,107-109H,10-11,16-17,22-33,38-40H2,1-5H3,(H,85,90)(H,86,91)(H,87,112)(H,92,110)(H,93,111)(H,94,115)(H,95,122)(H,96,121)(H,97,119)(H,98,120)(H,99,113)(H,100,114)(H,101,117)(H,102,118)(H,103,116)(H,104,123)(H3,84,105,125)/t54-,55-,56-,57-,58-,59-,60-,61-,62-,63-,64-,65+,66-/m0/s1. The first kappa shape index (κ1) is 94.4. The van der Waals surface area contributed by atoms with Gasteiger partial charge in [-0.25, -0.2) is 20.2 Å². The maximum absolute atomic E-state index is 15.1. The number of benzene rings is 3. The van der Waals surface area contributed by atoms with Gasteiger partial charge in [-0.3, -0.25) is 77.3 Å². The van der Waals surface area contributed by atoms with Crippen LogP contribution in [0.1, 0.15) is 120 Å². The summed E-state index contributed by atoms with van der Waals surface area (Å²) in [4.78, 5) is 245. The Morgan fingerprint density at radius 1 is 0.508 bits per heavy atom. The van der Waals surface area contributed by atoms with E-state index < -0.39 is 193 Å². The van der Waals surface area contributed by atoms with Crippen LogP contribution in [0.25, 0.3) is 21.8 Å². The number of nitrogens with two attached hydrogens (primary N) is 1. The predicted octanol–water partition coefficient (Wildman–Crippen LogP) is -3.85. The molecule has 3 aliphatic rings. The second-order valence-corrected chi connectivity index (χ2v) is 32.5. The van der Waals surface area contributed by atoms with Crippen LogP contribution in [0, 0.1) is 5.92 Å². The van der Waals surface area contributed by atoms with Gasteiger partial charge in [0.2, 0.25) is 82.7 Å². The third-order valence-corrected chi connectivity index (χ3v) is 21.3. The highest BCUT2D eigenvalue weighted by molar-refractivity contribution is 6.01. The number of rotatable bonds is 43. The molecule has 0 unspecified atom stereocenters. The molecule has 4 aromatic heterocycles. The van der Waals surface area contributed by atoms with Crippen LogP contribution in [0.4, 0.5) is 4.79 Å². The number of urea groups is 1. The molecule has 7 aromatic rings. The molecule has 3 saturated heterocycles. The molecule has 3 aromatic carbocycles. The number of nitrogens with zero attached hydrogens (tertiary/aromatic N) is 3. The van der Waals surface area contributed by atoms with Crippen LogP contribution in [0.2, 0.25) is 0 Å². The van der Waals surface area contributed by atoms with Crippen molar-refractivity contribution in [2.24, 2.45) is 11.7 Å². The second-order valence-electron chi connectivity index (χ2n) is 32.5. The summed E-state index contributed by atoms with van der Waals surface area (Å²) in [6.07, 6.45) is 8.08. The lowest BCUT2D eigenvalue weighted by atomic mass is 10.0. The maximum atomic E-state index is 15.1. The summed E-state index contributed by atoms with van der Waals surface area (Å²) in [6.45, 7) is 5.40. The van der Waals surface area contributed by atoms with Crippen molar-refractivity contribution in [1.29, 1.82) is 0 Å². The Morgan fingerprint density at radius 2 is 0.944 bits per heavy atom. The number of phenols is 1. The van der Waals surface area contributed by atoms with Gasteiger partial charge >= 0.3 is 6.03 Å². The third-order valence-electron chi connectivity index (χ3n) is 21.3. The summed E-state index contributed by atoms with van der Waals surface area (Å²) < 4.78 is 6.09. The second kappa shape index (κ2) is 44.5. The number of aliphatic hydroxyl groups is 2. The quantitative estimate of drug-likeness (QED) is 0.0129. The number of carbonyl (C=O) groups excluding carboxylic acids is 16. The Kier molecular flexibility index (Phi) is 33.3. The summed E-state index contributed by atoms with van der Waals surface area (Å²) in [5.74, 6) is -13.1. The molecule has 17 amide bonds. The van der Waals surface area contributed by atoms with Gasteiger partial charge in [0.1, 0.15) is 84.3 Å². The van der Waals surface area contributed by atoms with Gasteiger partial charge in [0.05, 0.1) is 49.5 Å². The monoisotopic (exact) mass is 1750 g/mol. The minimum atomic E-state index is -1.87. The minimum Gasteiger partial charge on any atom is -0.508 e. The fourth-order valence-corrected chi connectivity index (χ4v) is 14.7. The van der Waals surface area contributed by atoms with Crippen molar-refractivity contribution in [1.82, 2.24) is 115 Å². The Balaban J connectivity index is 0.848. The lowest BCUT2D eigenvalue weighted by Gasteiger charge is -2.31. The number of primary amides is 1. The average Bonchev–Trinajstić information content (AvgIpc) is 1.65. The molecule has 126 heavy (non-hydrogen) atoms. The van der Waals surface area contributed by atoms with Crippen molar-refractivity contribution >= 4 is 116 Å². The normalized spacial score (nSPS) is 17.4. The Hall–Kier alpha value is -13.8. The minimum absolute atomic E-state index is 0.0316. The number of aromatic nitrogens is 6. The van der Waals surface area contributed by atoms with Gasteiger partial charge in [0.25, 0.3) is 5.91 Å². The number of fused-ring (bicyclic) bond motifs is 2. The fraction of sp³-hybridized carbons (Fsp3) is 0.470. The molecule has 13 atom stereocenters. The smallest absolute Gasteiger partial charge is 0.330 e. The molecule has 0 saturated carbocycles. The highest BCUT2D eigenvalue weighted by Crippen LogP contribution is 2.25. The van der Waals surface area contributed by atoms with Crippen molar-refractivity contribution in [2.75, 3.05) is 32.9 Å². The van der Waals surface area contributed by atoms with E-state index in [-0.39, 0.29) is 121 Å². The lowest BCUT2D eigenvalue weighted by molar-refractivity contribution is -0.142. The number of para-hydroxylation sites is 2. The molecule has 24 N–H and O–H groups in total. The number of H-pyrrole nitrogens is 4. The Morgan fingerprint density at radius 3 is 1.40 bits per heavy atom. The van der Waals surface area contributed by atoms with Gasteiger partial charge in [-0.15, -0.1) is 0 Å². The summed E-state index contributed by atoms with van der Waals surface area (Å²) in [7, 11) is 0. The number of hydrazine groups is 1. The number of aromatic hydroxyl groups is 1. The number of hydrogen-bond donors (Lipinski definition) is 23. The number of phenolic OH excluding ortho intramolecular Hbond substituents is 1. The molecule has 3 fully saturated rings. The average molecular weight is 1750 g/mol.